The van der Waals surface area contributed by atoms with Crippen LogP contribution in [-0.2, 0) is 19.9 Å². The van der Waals surface area contributed by atoms with Crippen LogP contribution in [0.5, 0.6) is 0 Å². The van der Waals surface area contributed by atoms with Crippen LogP contribution >= 0.6 is 0 Å². The largest absolute Gasteiger partial charge is 0.399 e. The van der Waals surface area contributed by atoms with Gasteiger partial charge in [0, 0.05) is 19.2 Å². The maximum absolute atomic E-state index is 5.81. The van der Waals surface area contributed by atoms with Crippen molar-refractivity contribution in [1.82, 2.24) is 9.55 Å². The Hall–Kier alpha value is -2.62. The van der Waals surface area contributed by atoms with Crippen LogP contribution in [0.1, 0.15) is 11.4 Å². The highest BCUT2D eigenvalue weighted by Gasteiger charge is 2.08. The molecule has 0 aliphatic carbocycles. The van der Waals surface area contributed by atoms with Gasteiger partial charge in [-0.05, 0) is 49.0 Å². The van der Waals surface area contributed by atoms with E-state index in [9.17, 15) is 0 Å². The Balaban J connectivity index is 1.81. The highest BCUT2D eigenvalue weighted by atomic mass is 15.1. The minimum Gasteiger partial charge on any atom is -0.399 e. The Morgan fingerprint density at radius 1 is 1.14 bits per heavy atom. The number of imidazole rings is 1. The maximum atomic E-state index is 5.81. The Labute approximate surface area is 124 Å². The fourth-order valence-electron chi connectivity index (χ4n) is 2.51. The van der Waals surface area contributed by atoms with Crippen molar-refractivity contribution in [2.45, 2.75) is 12.8 Å². The van der Waals surface area contributed by atoms with Gasteiger partial charge >= 0.3 is 0 Å². The van der Waals surface area contributed by atoms with Crippen molar-refractivity contribution < 1.29 is 0 Å². The minimum absolute atomic E-state index is 0.750. The fourth-order valence-corrected chi connectivity index (χ4v) is 2.51. The molecule has 0 bridgehead atoms. The first-order chi connectivity index (χ1) is 10.2. The van der Waals surface area contributed by atoms with Gasteiger partial charge in [-0.2, -0.15) is 0 Å². The lowest BCUT2D eigenvalue weighted by atomic mass is 10.1. The molecule has 0 aliphatic heterocycles. The third-order valence-electron chi connectivity index (χ3n) is 3.75. The molecule has 0 fully saturated rings. The van der Waals surface area contributed by atoms with E-state index in [1.807, 2.05) is 37.4 Å². The number of fused-ring (bicyclic) bond motifs is 1. The standard InChI is InChI=1S/C17H18N4/c1-19-14-7-3-12(4-8-14)5-10-17-20-15-11-13(18)6-9-16(15)21(17)2/h3-4,6-9,11H,1,5,10,18H2,2H3. The summed E-state index contributed by atoms with van der Waals surface area (Å²) in [5, 5.41) is 0. The maximum Gasteiger partial charge on any atom is 0.109 e. The molecule has 0 radical (unpaired) electrons. The quantitative estimate of drug-likeness (QED) is 0.588. The third-order valence-corrected chi connectivity index (χ3v) is 3.75. The van der Waals surface area contributed by atoms with Crippen molar-refractivity contribution in [2.24, 2.45) is 12.0 Å². The number of aliphatic imine (C=N–C) groups is 1. The van der Waals surface area contributed by atoms with E-state index in [4.69, 9.17) is 5.73 Å². The minimum atomic E-state index is 0.750. The lowest BCUT2D eigenvalue weighted by Gasteiger charge is -2.03. The zero-order valence-corrected chi connectivity index (χ0v) is 12.1. The molecule has 4 nitrogen and oxygen atoms in total. The van der Waals surface area contributed by atoms with E-state index in [1.165, 1.54) is 5.56 Å². The Bertz CT molecular complexity index is 784. The summed E-state index contributed by atoms with van der Waals surface area (Å²) in [4.78, 5) is 8.58. The second-order valence-corrected chi connectivity index (χ2v) is 5.16. The summed E-state index contributed by atoms with van der Waals surface area (Å²) in [7, 11) is 2.05. The molecule has 0 atom stereocenters. The van der Waals surface area contributed by atoms with Crippen LogP contribution in [0.15, 0.2) is 47.5 Å². The van der Waals surface area contributed by atoms with E-state index in [1.54, 1.807) is 0 Å². The van der Waals surface area contributed by atoms with Gasteiger partial charge < -0.3 is 10.3 Å². The average Bonchev–Trinajstić information content (AvgIpc) is 2.81. The molecule has 21 heavy (non-hydrogen) atoms. The molecule has 106 valence electrons. The molecular formula is C17H18N4. The predicted molar refractivity (Wildman–Crippen MR) is 88.2 cm³/mol. The normalized spacial score (nSPS) is 10.9. The number of nitrogen functional groups attached to an aromatic ring is 1. The Kier molecular flexibility index (Phi) is 3.44. The van der Waals surface area contributed by atoms with Crippen LogP contribution in [-0.4, -0.2) is 16.3 Å². The van der Waals surface area contributed by atoms with Gasteiger partial charge in [-0.3, -0.25) is 4.99 Å². The lowest BCUT2D eigenvalue weighted by Crippen LogP contribution is -2.00. The molecule has 0 unspecified atom stereocenters. The Morgan fingerprint density at radius 2 is 1.90 bits per heavy atom. The molecule has 2 aromatic carbocycles. The number of aryl methyl sites for hydroxylation is 3. The number of nitrogens with zero attached hydrogens (tertiary/aromatic N) is 3. The number of aromatic nitrogens is 2. The van der Waals surface area contributed by atoms with Crippen LogP contribution in [0, 0.1) is 0 Å². The third kappa shape index (κ3) is 2.65. The first-order valence-corrected chi connectivity index (χ1v) is 6.94. The van der Waals surface area contributed by atoms with E-state index < -0.39 is 0 Å². The van der Waals surface area contributed by atoms with Crippen LogP contribution in [0.3, 0.4) is 0 Å². The van der Waals surface area contributed by atoms with Gasteiger partial charge in [0.05, 0.1) is 16.7 Å². The summed E-state index contributed by atoms with van der Waals surface area (Å²) in [5.41, 5.74) is 10.8. The van der Waals surface area contributed by atoms with Crippen molar-refractivity contribution in [2.75, 3.05) is 5.73 Å². The molecule has 1 aromatic heterocycles. The molecule has 0 aliphatic rings. The SMILES string of the molecule is C=Nc1ccc(CCc2nc3cc(N)ccc3n2C)cc1. The molecule has 3 aromatic rings. The van der Waals surface area contributed by atoms with Gasteiger partial charge in [0.25, 0.3) is 0 Å². The average molecular weight is 278 g/mol. The van der Waals surface area contributed by atoms with Gasteiger partial charge in [-0.15, -0.1) is 0 Å². The number of nitrogens with two attached hydrogens (primary N) is 1. The molecule has 1 heterocycles. The summed E-state index contributed by atoms with van der Waals surface area (Å²) in [5.74, 6) is 1.07. The summed E-state index contributed by atoms with van der Waals surface area (Å²) in [6.07, 6.45) is 1.84. The van der Waals surface area contributed by atoms with Gasteiger partial charge in [0.2, 0.25) is 0 Å². The van der Waals surface area contributed by atoms with Gasteiger partial charge in [0.1, 0.15) is 5.82 Å². The second kappa shape index (κ2) is 5.40. The van der Waals surface area contributed by atoms with Crippen LogP contribution in [0.25, 0.3) is 11.0 Å². The zero-order valence-electron chi connectivity index (χ0n) is 12.1. The summed E-state index contributed by atoms with van der Waals surface area (Å²) >= 11 is 0. The first-order valence-electron chi connectivity index (χ1n) is 6.94. The lowest BCUT2D eigenvalue weighted by molar-refractivity contribution is 0.787. The van der Waals surface area contributed by atoms with E-state index in [0.29, 0.717) is 0 Å². The number of hydrogen-bond donors (Lipinski definition) is 1. The molecule has 0 spiro atoms. The van der Waals surface area contributed by atoms with Crippen molar-refractivity contribution in [3.63, 3.8) is 0 Å². The topological polar surface area (TPSA) is 56.2 Å². The molecule has 0 saturated carbocycles. The highest BCUT2D eigenvalue weighted by Crippen LogP contribution is 2.19. The van der Waals surface area contributed by atoms with Gasteiger partial charge in [-0.1, -0.05) is 12.1 Å². The molecule has 0 saturated heterocycles. The second-order valence-electron chi connectivity index (χ2n) is 5.16. The van der Waals surface area contributed by atoms with Crippen LogP contribution in [0.4, 0.5) is 11.4 Å². The smallest absolute Gasteiger partial charge is 0.109 e. The summed E-state index contributed by atoms with van der Waals surface area (Å²) < 4.78 is 2.13. The van der Waals surface area contributed by atoms with Gasteiger partial charge in [0.15, 0.2) is 0 Å². The molecule has 3 rings (SSSR count). The van der Waals surface area contributed by atoms with E-state index in [2.05, 4.69) is 33.4 Å². The number of anilines is 1. The molecule has 4 heteroatoms. The molecular weight excluding hydrogens is 260 g/mol. The van der Waals surface area contributed by atoms with Crippen molar-refractivity contribution in [1.29, 1.82) is 0 Å². The predicted octanol–water partition coefficient (Wildman–Crippen LogP) is 3.27. The summed E-state index contributed by atoms with van der Waals surface area (Å²) in [6, 6.07) is 14.0. The number of hydrogen-bond acceptors (Lipinski definition) is 3. The van der Waals surface area contributed by atoms with E-state index in [0.717, 1.165) is 41.1 Å². The summed E-state index contributed by atoms with van der Waals surface area (Å²) in [6.45, 7) is 3.52. The monoisotopic (exact) mass is 278 g/mol. The van der Waals surface area contributed by atoms with Gasteiger partial charge in [-0.25, -0.2) is 4.98 Å². The first kappa shape index (κ1) is 13.4. The van der Waals surface area contributed by atoms with E-state index >= 15 is 0 Å². The zero-order chi connectivity index (χ0) is 14.8. The molecule has 0 amide bonds. The van der Waals surface area contributed by atoms with Crippen molar-refractivity contribution in [3.8, 4) is 0 Å². The van der Waals surface area contributed by atoms with Crippen LogP contribution in [0.2, 0.25) is 0 Å². The number of rotatable bonds is 4. The molecule has 2 N–H and O–H groups in total. The highest BCUT2D eigenvalue weighted by molar-refractivity contribution is 5.79. The van der Waals surface area contributed by atoms with Crippen molar-refractivity contribution >= 4 is 29.1 Å². The van der Waals surface area contributed by atoms with Crippen molar-refractivity contribution in [3.05, 3.63) is 53.9 Å². The van der Waals surface area contributed by atoms with E-state index in [-0.39, 0.29) is 0 Å². The fraction of sp³-hybridized carbons (Fsp3) is 0.176. The number of benzene rings is 2. The Morgan fingerprint density at radius 3 is 2.62 bits per heavy atom. The van der Waals surface area contributed by atoms with Crippen LogP contribution < -0.4 is 5.73 Å².